The molecule has 0 aromatic carbocycles. The number of carbonyl (C=O) groups excluding carboxylic acids is 2. The zero-order chi connectivity index (χ0) is 14.0. The van der Waals surface area contributed by atoms with Crippen LogP contribution in [0.25, 0.3) is 0 Å². The first kappa shape index (κ1) is 13.5. The van der Waals surface area contributed by atoms with Gasteiger partial charge >= 0.3 is 5.97 Å². The molecule has 0 radical (unpaired) electrons. The number of thiophene rings is 1. The third-order valence-corrected chi connectivity index (χ3v) is 3.88. The van der Waals surface area contributed by atoms with E-state index >= 15 is 0 Å². The van der Waals surface area contributed by atoms with Gasteiger partial charge in [0.25, 0.3) is 5.91 Å². The van der Waals surface area contributed by atoms with Gasteiger partial charge in [-0.1, -0.05) is 6.07 Å². The van der Waals surface area contributed by atoms with Crippen LogP contribution < -0.4 is 10.6 Å². The fraction of sp³-hybridized carbons (Fsp3) is 0.417. The summed E-state index contributed by atoms with van der Waals surface area (Å²) in [5, 5.41) is 15.7. The van der Waals surface area contributed by atoms with Crippen molar-refractivity contribution in [2.45, 2.75) is 31.3 Å². The molecule has 1 aliphatic carbocycles. The summed E-state index contributed by atoms with van der Waals surface area (Å²) in [5.74, 6) is -1.85. The number of aliphatic carboxylic acids is 1. The van der Waals surface area contributed by atoms with Crippen molar-refractivity contribution in [3.05, 3.63) is 22.4 Å². The molecule has 1 saturated carbocycles. The lowest BCUT2D eigenvalue weighted by molar-refractivity contribution is -0.143. The lowest BCUT2D eigenvalue weighted by atomic mass is 10.2. The summed E-state index contributed by atoms with van der Waals surface area (Å²) in [6, 6.07) is 2.63. The van der Waals surface area contributed by atoms with Crippen LogP contribution in [-0.4, -0.2) is 34.5 Å². The van der Waals surface area contributed by atoms with E-state index < -0.39 is 23.5 Å². The van der Waals surface area contributed by atoms with Gasteiger partial charge < -0.3 is 15.7 Å². The number of hydrogen-bond donors (Lipinski definition) is 3. The molecule has 1 fully saturated rings. The van der Waals surface area contributed by atoms with Crippen LogP contribution in [0.5, 0.6) is 0 Å². The van der Waals surface area contributed by atoms with Crippen molar-refractivity contribution in [3.63, 3.8) is 0 Å². The summed E-state index contributed by atoms with van der Waals surface area (Å²) < 4.78 is 0. The molecular weight excluding hydrogens is 268 g/mol. The largest absolute Gasteiger partial charge is 0.480 e. The highest BCUT2D eigenvalue weighted by Gasteiger charge is 2.52. The molecule has 0 bridgehead atoms. The van der Waals surface area contributed by atoms with E-state index in [9.17, 15) is 14.4 Å². The molecule has 1 aliphatic rings. The molecule has 3 N–H and O–H groups in total. The van der Waals surface area contributed by atoms with Gasteiger partial charge in [0.2, 0.25) is 5.91 Å². The maximum atomic E-state index is 11.8. The van der Waals surface area contributed by atoms with Crippen LogP contribution in [0.4, 0.5) is 0 Å². The third kappa shape index (κ3) is 2.93. The molecule has 2 rings (SSSR count). The van der Waals surface area contributed by atoms with Gasteiger partial charge in [-0.3, -0.25) is 9.59 Å². The van der Waals surface area contributed by atoms with E-state index in [1.54, 1.807) is 17.5 Å². The van der Waals surface area contributed by atoms with Gasteiger partial charge in [-0.2, -0.15) is 0 Å². The Morgan fingerprint density at radius 2 is 2.11 bits per heavy atom. The van der Waals surface area contributed by atoms with Crippen molar-refractivity contribution in [1.82, 2.24) is 10.6 Å². The molecule has 1 atom stereocenters. The minimum atomic E-state index is -1.13. The van der Waals surface area contributed by atoms with Crippen LogP contribution in [-0.2, 0) is 9.59 Å². The normalized spacial score (nSPS) is 17.3. The second kappa shape index (κ2) is 5.00. The predicted molar refractivity (Wildman–Crippen MR) is 69.0 cm³/mol. The average molecular weight is 282 g/mol. The molecule has 1 aromatic rings. The van der Waals surface area contributed by atoms with Gasteiger partial charge in [-0.05, 0) is 31.2 Å². The lowest BCUT2D eigenvalue weighted by Gasteiger charge is -2.17. The van der Waals surface area contributed by atoms with E-state index in [-0.39, 0.29) is 5.91 Å². The Bertz CT molecular complexity index is 508. The van der Waals surface area contributed by atoms with Crippen LogP contribution in [0, 0.1) is 0 Å². The van der Waals surface area contributed by atoms with Crippen molar-refractivity contribution in [2.24, 2.45) is 0 Å². The molecule has 0 spiro atoms. The van der Waals surface area contributed by atoms with Gasteiger partial charge in [-0.15, -0.1) is 11.3 Å². The monoisotopic (exact) mass is 282 g/mol. The molecule has 19 heavy (non-hydrogen) atoms. The predicted octanol–water partition coefficient (Wildman–Crippen LogP) is 0.600. The van der Waals surface area contributed by atoms with Crippen molar-refractivity contribution in [3.8, 4) is 0 Å². The highest BCUT2D eigenvalue weighted by Crippen LogP contribution is 2.35. The van der Waals surface area contributed by atoms with E-state index in [2.05, 4.69) is 10.6 Å². The third-order valence-electron chi connectivity index (χ3n) is 3.01. The van der Waals surface area contributed by atoms with Crippen LogP contribution in [0.1, 0.15) is 29.4 Å². The quantitative estimate of drug-likeness (QED) is 0.737. The second-order valence-electron chi connectivity index (χ2n) is 4.55. The molecule has 6 nitrogen and oxygen atoms in total. The molecule has 7 heteroatoms. The first-order valence-corrected chi connectivity index (χ1v) is 6.72. The standard InChI is InChI=1S/C12H14N2O4S/c1-7(13-10(16)8-3-2-6-19-8)9(15)14-12(4-5-12)11(17)18/h2-3,6-7H,4-5H2,1H3,(H,13,16)(H,14,15)(H,17,18). The fourth-order valence-electron chi connectivity index (χ4n) is 1.60. The number of carbonyl (C=O) groups is 3. The number of carboxylic acid groups (broad SMARTS) is 1. The van der Waals surface area contributed by atoms with Gasteiger partial charge in [0, 0.05) is 0 Å². The summed E-state index contributed by atoms with van der Waals surface area (Å²) >= 11 is 1.28. The van der Waals surface area contributed by atoms with Crippen molar-refractivity contribution in [2.75, 3.05) is 0 Å². The Balaban J connectivity index is 1.90. The van der Waals surface area contributed by atoms with Gasteiger partial charge in [-0.25, -0.2) is 4.79 Å². The van der Waals surface area contributed by atoms with Crippen LogP contribution in [0.3, 0.4) is 0 Å². The van der Waals surface area contributed by atoms with Crippen molar-refractivity contribution >= 4 is 29.1 Å². The summed E-state index contributed by atoms with van der Waals surface area (Å²) in [5.41, 5.74) is -1.13. The lowest BCUT2D eigenvalue weighted by Crippen LogP contribution is -2.51. The molecule has 1 aromatic heterocycles. The Morgan fingerprint density at radius 1 is 1.42 bits per heavy atom. The number of amides is 2. The number of rotatable bonds is 5. The molecule has 2 amide bonds. The summed E-state index contributed by atoms with van der Waals surface area (Å²) in [6.45, 7) is 1.53. The van der Waals surface area contributed by atoms with Gasteiger partial charge in [0.1, 0.15) is 11.6 Å². The second-order valence-corrected chi connectivity index (χ2v) is 5.50. The van der Waals surface area contributed by atoms with E-state index in [1.807, 2.05) is 0 Å². The minimum absolute atomic E-state index is 0.335. The molecule has 102 valence electrons. The highest BCUT2D eigenvalue weighted by molar-refractivity contribution is 7.12. The topological polar surface area (TPSA) is 95.5 Å². The first-order chi connectivity index (χ1) is 8.94. The van der Waals surface area contributed by atoms with E-state index in [0.717, 1.165) is 0 Å². The Morgan fingerprint density at radius 3 is 2.58 bits per heavy atom. The molecule has 0 saturated heterocycles. The van der Waals surface area contributed by atoms with E-state index in [4.69, 9.17) is 5.11 Å². The van der Waals surface area contributed by atoms with Crippen LogP contribution >= 0.6 is 11.3 Å². The summed E-state index contributed by atoms with van der Waals surface area (Å²) in [7, 11) is 0. The Kier molecular flexibility index (Phi) is 3.57. The van der Waals surface area contributed by atoms with Crippen molar-refractivity contribution in [1.29, 1.82) is 0 Å². The summed E-state index contributed by atoms with van der Waals surface area (Å²) in [4.78, 5) is 35.0. The zero-order valence-corrected chi connectivity index (χ0v) is 11.1. The van der Waals surface area contributed by atoms with Gasteiger partial charge in [0.15, 0.2) is 0 Å². The highest BCUT2D eigenvalue weighted by atomic mass is 32.1. The Labute approximate surface area is 113 Å². The maximum absolute atomic E-state index is 11.8. The minimum Gasteiger partial charge on any atom is -0.480 e. The number of carboxylic acids is 1. The molecule has 1 heterocycles. The summed E-state index contributed by atoms with van der Waals surface area (Å²) in [6.07, 6.45) is 0.860. The molecule has 1 unspecified atom stereocenters. The van der Waals surface area contributed by atoms with Crippen molar-refractivity contribution < 1.29 is 19.5 Å². The fourth-order valence-corrected chi connectivity index (χ4v) is 2.23. The first-order valence-electron chi connectivity index (χ1n) is 5.84. The maximum Gasteiger partial charge on any atom is 0.329 e. The molecular formula is C12H14N2O4S. The van der Waals surface area contributed by atoms with Gasteiger partial charge in [0.05, 0.1) is 4.88 Å². The Hall–Kier alpha value is -1.89. The van der Waals surface area contributed by atoms with E-state index in [0.29, 0.717) is 17.7 Å². The number of nitrogens with one attached hydrogen (secondary N) is 2. The van der Waals surface area contributed by atoms with Crippen LogP contribution in [0.15, 0.2) is 17.5 Å². The smallest absolute Gasteiger partial charge is 0.329 e. The zero-order valence-electron chi connectivity index (χ0n) is 10.3. The van der Waals surface area contributed by atoms with E-state index in [1.165, 1.54) is 18.3 Å². The van der Waals surface area contributed by atoms with Crippen LogP contribution in [0.2, 0.25) is 0 Å². The molecule has 0 aliphatic heterocycles. The average Bonchev–Trinajstić information content (AvgIpc) is 2.93. The SMILES string of the molecule is CC(NC(=O)c1cccs1)C(=O)NC1(C(=O)O)CC1. The number of hydrogen-bond acceptors (Lipinski definition) is 4.